The van der Waals surface area contributed by atoms with E-state index in [0.29, 0.717) is 18.4 Å². The normalized spacial score (nSPS) is 58.6. The molecule has 0 unspecified atom stereocenters. The van der Waals surface area contributed by atoms with E-state index in [0.717, 1.165) is 24.2 Å². The molecule has 3 saturated carbocycles. The first-order chi connectivity index (χ1) is 6.29. The summed E-state index contributed by atoms with van der Waals surface area (Å²) in [5.74, 6) is 3.54. The van der Waals surface area contributed by atoms with Gasteiger partial charge in [-0.1, -0.05) is 0 Å². The van der Waals surface area contributed by atoms with Crippen LogP contribution in [-0.2, 0) is 0 Å². The molecule has 0 spiro atoms. The summed E-state index contributed by atoms with van der Waals surface area (Å²) < 4.78 is 0. The van der Waals surface area contributed by atoms with Crippen molar-refractivity contribution in [3.8, 4) is 0 Å². The molecule has 0 amide bonds. The van der Waals surface area contributed by atoms with Gasteiger partial charge in [0.05, 0.1) is 6.10 Å². The van der Waals surface area contributed by atoms with E-state index in [1.807, 2.05) is 0 Å². The summed E-state index contributed by atoms with van der Waals surface area (Å²) in [4.78, 5) is 0. The monoisotopic (exact) mass is 182 g/mol. The minimum atomic E-state index is -0.0105. The highest BCUT2D eigenvalue weighted by atomic mass is 16.3. The minimum Gasteiger partial charge on any atom is -0.396 e. The van der Waals surface area contributed by atoms with Crippen LogP contribution in [0.3, 0.4) is 0 Å². The first-order valence-electron chi connectivity index (χ1n) is 5.58. The summed E-state index contributed by atoms with van der Waals surface area (Å²) >= 11 is 0. The fourth-order valence-electron chi connectivity index (χ4n) is 4.30. The standard InChI is InChI=1S/C11H18O2/c12-5-6-1-8-7-3-10(9(8)2-6)11(13)4-7/h6-13H,1-5H2/t6-,7-,8+,9-,10+,11-/m1/s1. The summed E-state index contributed by atoms with van der Waals surface area (Å²) in [6, 6.07) is 0. The largest absolute Gasteiger partial charge is 0.396 e. The van der Waals surface area contributed by atoms with Gasteiger partial charge in [0, 0.05) is 6.61 Å². The second-order valence-corrected chi connectivity index (χ2v) is 5.31. The molecule has 0 aromatic heterocycles. The van der Waals surface area contributed by atoms with Crippen LogP contribution in [0.4, 0.5) is 0 Å². The van der Waals surface area contributed by atoms with Crippen molar-refractivity contribution in [3.63, 3.8) is 0 Å². The molecule has 0 heterocycles. The number of hydrogen-bond acceptors (Lipinski definition) is 2. The van der Waals surface area contributed by atoms with E-state index in [4.69, 9.17) is 5.11 Å². The van der Waals surface area contributed by atoms with E-state index < -0.39 is 0 Å². The van der Waals surface area contributed by atoms with E-state index in [9.17, 15) is 5.11 Å². The van der Waals surface area contributed by atoms with E-state index >= 15 is 0 Å². The topological polar surface area (TPSA) is 40.5 Å². The molecule has 3 rings (SSSR count). The quantitative estimate of drug-likeness (QED) is 0.635. The number of rotatable bonds is 1. The molecular weight excluding hydrogens is 164 g/mol. The molecule has 3 fully saturated rings. The van der Waals surface area contributed by atoms with Gasteiger partial charge in [-0.3, -0.25) is 0 Å². The molecule has 3 aliphatic rings. The highest BCUT2D eigenvalue weighted by molar-refractivity contribution is 5.04. The van der Waals surface area contributed by atoms with Crippen molar-refractivity contribution < 1.29 is 10.2 Å². The maximum Gasteiger partial charge on any atom is 0.0574 e. The SMILES string of the molecule is OC[C@H]1C[C@@H]2[C@@H](C1)[C@@H]1C[C@@H]2[C@H](O)C1. The molecule has 0 radical (unpaired) electrons. The summed E-state index contributed by atoms with van der Waals surface area (Å²) in [6.07, 6.45) is 4.72. The van der Waals surface area contributed by atoms with Crippen molar-refractivity contribution in [2.45, 2.75) is 31.8 Å². The number of fused-ring (bicyclic) bond motifs is 5. The molecule has 3 aliphatic carbocycles. The summed E-state index contributed by atoms with van der Waals surface area (Å²) in [7, 11) is 0. The van der Waals surface area contributed by atoms with Crippen LogP contribution in [0, 0.1) is 29.6 Å². The van der Waals surface area contributed by atoms with Crippen LogP contribution in [0.15, 0.2) is 0 Å². The number of aliphatic hydroxyl groups is 2. The average Bonchev–Trinajstić information content (AvgIpc) is 2.71. The third-order valence-electron chi connectivity index (χ3n) is 4.79. The van der Waals surface area contributed by atoms with Gasteiger partial charge in [0.2, 0.25) is 0 Å². The molecular formula is C11H18O2. The predicted molar refractivity (Wildman–Crippen MR) is 49.0 cm³/mol. The number of hydrogen-bond donors (Lipinski definition) is 2. The van der Waals surface area contributed by atoms with Crippen LogP contribution in [-0.4, -0.2) is 22.9 Å². The van der Waals surface area contributed by atoms with Gasteiger partial charge in [-0.15, -0.1) is 0 Å². The fourth-order valence-corrected chi connectivity index (χ4v) is 4.30. The Balaban J connectivity index is 1.79. The molecule has 2 nitrogen and oxygen atoms in total. The zero-order valence-electron chi connectivity index (χ0n) is 7.89. The number of aliphatic hydroxyl groups excluding tert-OH is 2. The van der Waals surface area contributed by atoms with Crippen molar-refractivity contribution in [1.82, 2.24) is 0 Å². The molecule has 2 bridgehead atoms. The molecule has 2 heteroatoms. The molecule has 6 atom stereocenters. The minimum absolute atomic E-state index is 0.0105. The highest BCUT2D eigenvalue weighted by Crippen LogP contribution is 2.59. The average molecular weight is 182 g/mol. The Bertz CT molecular complexity index is 216. The lowest BCUT2D eigenvalue weighted by Gasteiger charge is -2.28. The lowest BCUT2D eigenvalue weighted by molar-refractivity contribution is 0.0638. The Morgan fingerprint density at radius 3 is 2.46 bits per heavy atom. The van der Waals surface area contributed by atoms with Gasteiger partial charge in [0.25, 0.3) is 0 Å². The van der Waals surface area contributed by atoms with Crippen molar-refractivity contribution >= 4 is 0 Å². The predicted octanol–water partition coefficient (Wildman–Crippen LogP) is 1.02. The zero-order valence-corrected chi connectivity index (χ0v) is 7.89. The van der Waals surface area contributed by atoms with Crippen molar-refractivity contribution in [1.29, 1.82) is 0 Å². The van der Waals surface area contributed by atoms with Crippen LogP contribution in [0.2, 0.25) is 0 Å². The van der Waals surface area contributed by atoms with Gasteiger partial charge in [0.15, 0.2) is 0 Å². The smallest absolute Gasteiger partial charge is 0.0574 e. The van der Waals surface area contributed by atoms with Gasteiger partial charge >= 0.3 is 0 Å². The molecule has 74 valence electrons. The molecule has 0 aromatic rings. The second-order valence-electron chi connectivity index (χ2n) is 5.31. The Morgan fingerprint density at radius 2 is 1.69 bits per heavy atom. The van der Waals surface area contributed by atoms with Gasteiger partial charge in [-0.25, -0.2) is 0 Å². The van der Waals surface area contributed by atoms with E-state index in [2.05, 4.69) is 0 Å². The first kappa shape index (κ1) is 8.25. The van der Waals surface area contributed by atoms with E-state index in [1.54, 1.807) is 0 Å². The van der Waals surface area contributed by atoms with Crippen LogP contribution < -0.4 is 0 Å². The second kappa shape index (κ2) is 2.71. The Labute approximate surface area is 79.0 Å². The van der Waals surface area contributed by atoms with Gasteiger partial charge < -0.3 is 10.2 Å². The highest BCUT2D eigenvalue weighted by Gasteiger charge is 2.55. The molecule has 0 saturated heterocycles. The Kier molecular flexibility index (Phi) is 1.72. The van der Waals surface area contributed by atoms with E-state index in [-0.39, 0.29) is 6.10 Å². The van der Waals surface area contributed by atoms with Gasteiger partial charge in [0.1, 0.15) is 0 Å². The summed E-state index contributed by atoms with van der Waals surface area (Å²) in [5, 5.41) is 18.9. The Morgan fingerprint density at radius 1 is 0.923 bits per heavy atom. The fraction of sp³-hybridized carbons (Fsp3) is 1.00. The molecule has 0 aromatic carbocycles. The van der Waals surface area contributed by atoms with Gasteiger partial charge in [-0.05, 0) is 55.3 Å². The summed E-state index contributed by atoms with van der Waals surface area (Å²) in [6.45, 7) is 0.364. The summed E-state index contributed by atoms with van der Waals surface area (Å²) in [5.41, 5.74) is 0. The van der Waals surface area contributed by atoms with Crippen LogP contribution in [0.1, 0.15) is 25.7 Å². The van der Waals surface area contributed by atoms with Gasteiger partial charge in [-0.2, -0.15) is 0 Å². The van der Waals surface area contributed by atoms with E-state index in [1.165, 1.54) is 19.3 Å². The third-order valence-corrected chi connectivity index (χ3v) is 4.79. The molecule has 2 N–H and O–H groups in total. The first-order valence-corrected chi connectivity index (χ1v) is 5.58. The van der Waals surface area contributed by atoms with Crippen molar-refractivity contribution in [2.24, 2.45) is 29.6 Å². The zero-order chi connectivity index (χ0) is 9.00. The van der Waals surface area contributed by atoms with Crippen molar-refractivity contribution in [2.75, 3.05) is 6.61 Å². The lowest BCUT2D eigenvalue weighted by Crippen LogP contribution is -2.27. The van der Waals surface area contributed by atoms with Crippen LogP contribution >= 0.6 is 0 Å². The van der Waals surface area contributed by atoms with Crippen molar-refractivity contribution in [3.05, 3.63) is 0 Å². The molecule has 13 heavy (non-hydrogen) atoms. The maximum absolute atomic E-state index is 9.76. The Hall–Kier alpha value is -0.0800. The molecule has 0 aliphatic heterocycles. The van der Waals surface area contributed by atoms with Crippen LogP contribution in [0.25, 0.3) is 0 Å². The van der Waals surface area contributed by atoms with Crippen LogP contribution in [0.5, 0.6) is 0 Å². The lowest BCUT2D eigenvalue weighted by atomic mass is 9.80. The third kappa shape index (κ3) is 1.02. The maximum atomic E-state index is 9.76.